The van der Waals surface area contributed by atoms with Crippen LogP contribution in [0.3, 0.4) is 0 Å². The fourth-order valence-corrected chi connectivity index (χ4v) is 2.32. The van der Waals surface area contributed by atoms with Crippen molar-refractivity contribution in [1.82, 2.24) is 0 Å². The van der Waals surface area contributed by atoms with Gasteiger partial charge in [-0.05, 0) is 36.1 Å². The Bertz CT molecular complexity index is 492. The van der Waals surface area contributed by atoms with E-state index in [2.05, 4.69) is 15.9 Å². The second-order valence-electron chi connectivity index (χ2n) is 3.92. The second kappa shape index (κ2) is 6.50. The summed E-state index contributed by atoms with van der Waals surface area (Å²) in [6, 6.07) is 5.62. The zero-order valence-corrected chi connectivity index (χ0v) is 11.9. The SMILES string of the molecule is CCc1cccc(C=CC(=O)O)c1C(Br)C(C)=O. The molecule has 3 nitrogen and oxygen atoms in total. The lowest BCUT2D eigenvalue weighted by Crippen LogP contribution is -2.06. The Kier molecular flexibility index (Phi) is 5.28. The molecule has 1 N–H and O–H groups in total. The Morgan fingerprint density at radius 2 is 2.11 bits per heavy atom. The summed E-state index contributed by atoms with van der Waals surface area (Å²) in [6.45, 7) is 3.51. The quantitative estimate of drug-likeness (QED) is 0.670. The molecule has 0 aliphatic carbocycles. The zero-order chi connectivity index (χ0) is 13.7. The number of aryl methyl sites for hydroxylation is 1. The van der Waals surface area contributed by atoms with Crippen LogP contribution in [0.2, 0.25) is 0 Å². The predicted octanol–water partition coefficient (Wildman–Crippen LogP) is 3.37. The maximum absolute atomic E-state index is 11.5. The van der Waals surface area contributed by atoms with Crippen LogP contribution in [0.25, 0.3) is 6.08 Å². The van der Waals surface area contributed by atoms with Gasteiger partial charge in [-0.2, -0.15) is 0 Å². The topological polar surface area (TPSA) is 54.4 Å². The smallest absolute Gasteiger partial charge is 0.328 e. The first-order valence-electron chi connectivity index (χ1n) is 5.64. The Balaban J connectivity index is 3.33. The van der Waals surface area contributed by atoms with Crippen molar-refractivity contribution < 1.29 is 14.7 Å². The molecular formula is C14H15BrO3. The van der Waals surface area contributed by atoms with Crippen molar-refractivity contribution in [3.63, 3.8) is 0 Å². The predicted molar refractivity (Wildman–Crippen MR) is 74.8 cm³/mol. The summed E-state index contributed by atoms with van der Waals surface area (Å²) >= 11 is 3.37. The summed E-state index contributed by atoms with van der Waals surface area (Å²) in [7, 11) is 0. The van der Waals surface area contributed by atoms with Crippen molar-refractivity contribution in [3.8, 4) is 0 Å². The van der Waals surface area contributed by atoms with Crippen molar-refractivity contribution in [3.05, 3.63) is 41.0 Å². The molecule has 96 valence electrons. The first kappa shape index (κ1) is 14.6. The Hall–Kier alpha value is -1.42. The van der Waals surface area contributed by atoms with Crippen molar-refractivity contribution in [2.75, 3.05) is 0 Å². The number of hydrogen-bond donors (Lipinski definition) is 1. The van der Waals surface area contributed by atoms with Crippen molar-refractivity contribution >= 4 is 33.8 Å². The van der Waals surface area contributed by atoms with Gasteiger partial charge < -0.3 is 5.11 Å². The van der Waals surface area contributed by atoms with Crippen LogP contribution >= 0.6 is 15.9 Å². The van der Waals surface area contributed by atoms with Crippen LogP contribution in [0.1, 0.15) is 35.4 Å². The van der Waals surface area contributed by atoms with E-state index in [-0.39, 0.29) is 5.78 Å². The molecule has 1 aromatic carbocycles. The lowest BCUT2D eigenvalue weighted by Gasteiger charge is -2.15. The number of alkyl halides is 1. The molecular weight excluding hydrogens is 296 g/mol. The molecule has 0 aliphatic heterocycles. The Morgan fingerprint density at radius 3 is 2.61 bits per heavy atom. The summed E-state index contributed by atoms with van der Waals surface area (Å²) in [6.07, 6.45) is 3.39. The van der Waals surface area contributed by atoms with Gasteiger partial charge in [0.15, 0.2) is 0 Å². The lowest BCUT2D eigenvalue weighted by atomic mass is 9.95. The highest BCUT2D eigenvalue weighted by Crippen LogP contribution is 2.31. The van der Waals surface area contributed by atoms with Crippen LogP contribution < -0.4 is 0 Å². The largest absolute Gasteiger partial charge is 0.478 e. The fourth-order valence-electron chi connectivity index (χ4n) is 1.76. The summed E-state index contributed by atoms with van der Waals surface area (Å²) in [5.41, 5.74) is 2.65. The van der Waals surface area contributed by atoms with Crippen molar-refractivity contribution in [2.24, 2.45) is 0 Å². The number of hydrogen-bond acceptors (Lipinski definition) is 2. The van der Waals surface area contributed by atoms with Gasteiger partial charge in [-0.25, -0.2) is 4.79 Å². The molecule has 1 atom stereocenters. The van der Waals surface area contributed by atoms with E-state index in [0.717, 1.165) is 29.2 Å². The number of rotatable bonds is 5. The molecule has 4 heteroatoms. The molecule has 0 bridgehead atoms. The van der Waals surface area contributed by atoms with Crippen LogP contribution in [-0.2, 0) is 16.0 Å². The highest BCUT2D eigenvalue weighted by molar-refractivity contribution is 9.09. The molecule has 0 aliphatic rings. The number of carbonyl (C=O) groups excluding carboxylic acids is 1. The average molecular weight is 311 g/mol. The van der Waals surface area contributed by atoms with Crippen LogP contribution in [0.15, 0.2) is 24.3 Å². The summed E-state index contributed by atoms with van der Waals surface area (Å²) in [5.74, 6) is -1.00. The van der Waals surface area contributed by atoms with Gasteiger partial charge in [0.2, 0.25) is 0 Å². The maximum atomic E-state index is 11.5. The average Bonchev–Trinajstić information content (AvgIpc) is 2.34. The standard InChI is InChI=1S/C14H15BrO3/c1-3-10-5-4-6-11(7-8-12(17)18)13(10)14(15)9(2)16/h4-8,14H,3H2,1-2H3,(H,17,18). The molecule has 1 rings (SSSR count). The van der Waals surface area contributed by atoms with Crippen LogP contribution in [0, 0.1) is 0 Å². The molecule has 0 heterocycles. The molecule has 0 spiro atoms. The second-order valence-corrected chi connectivity index (χ2v) is 4.83. The summed E-state index contributed by atoms with van der Waals surface area (Å²) in [4.78, 5) is 21.7. The van der Waals surface area contributed by atoms with E-state index in [1.807, 2.05) is 25.1 Å². The van der Waals surface area contributed by atoms with Crippen LogP contribution in [0.5, 0.6) is 0 Å². The van der Waals surface area contributed by atoms with Gasteiger partial charge >= 0.3 is 5.97 Å². The minimum Gasteiger partial charge on any atom is -0.478 e. The van der Waals surface area contributed by atoms with E-state index in [1.165, 1.54) is 13.0 Å². The molecule has 18 heavy (non-hydrogen) atoms. The van der Waals surface area contributed by atoms with Gasteiger partial charge in [0.25, 0.3) is 0 Å². The molecule has 1 unspecified atom stereocenters. The molecule has 0 aromatic heterocycles. The highest BCUT2D eigenvalue weighted by Gasteiger charge is 2.18. The first-order valence-corrected chi connectivity index (χ1v) is 6.56. The minimum absolute atomic E-state index is 0.000810. The van der Waals surface area contributed by atoms with E-state index in [4.69, 9.17) is 5.11 Å². The molecule has 0 amide bonds. The zero-order valence-electron chi connectivity index (χ0n) is 10.3. The number of carbonyl (C=O) groups is 2. The molecule has 0 radical (unpaired) electrons. The van der Waals surface area contributed by atoms with Crippen molar-refractivity contribution in [2.45, 2.75) is 25.1 Å². The normalized spacial score (nSPS) is 12.6. The third-order valence-electron chi connectivity index (χ3n) is 2.63. The number of halogens is 1. The first-order chi connectivity index (χ1) is 8.47. The molecule has 0 fully saturated rings. The number of aliphatic carboxylic acids is 1. The number of carboxylic acids is 1. The van der Waals surface area contributed by atoms with E-state index >= 15 is 0 Å². The third-order valence-corrected chi connectivity index (χ3v) is 3.73. The van der Waals surface area contributed by atoms with Gasteiger partial charge in [0.1, 0.15) is 5.78 Å². The monoisotopic (exact) mass is 310 g/mol. The Labute approximate surface area is 115 Å². The van der Waals surface area contributed by atoms with Gasteiger partial charge in [0.05, 0.1) is 4.83 Å². The van der Waals surface area contributed by atoms with E-state index < -0.39 is 10.8 Å². The Morgan fingerprint density at radius 1 is 1.44 bits per heavy atom. The number of carboxylic acid groups (broad SMARTS) is 1. The lowest BCUT2D eigenvalue weighted by molar-refractivity contribution is -0.131. The van der Waals surface area contributed by atoms with E-state index in [1.54, 1.807) is 0 Å². The van der Waals surface area contributed by atoms with Crippen molar-refractivity contribution in [1.29, 1.82) is 0 Å². The third kappa shape index (κ3) is 3.53. The molecule has 0 saturated carbocycles. The van der Waals surface area contributed by atoms with E-state index in [0.29, 0.717) is 0 Å². The summed E-state index contributed by atoms with van der Waals surface area (Å²) < 4.78 is 0. The highest BCUT2D eigenvalue weighted by atomic mass is 79.9. The van der Waals surface area contributed by atoms with E-state index in [9.17, 15) is 9.59 Å². The van der Waals surface area contributed by atoms with Gasteiger partial charge in [-0.3, -0.25) is 4.79 Å². The fraction of sp³-hybridized carbons (Fsp3) is 0.286. The number of benzene rings is 1. The number of ketones is 1. The number of Topliss-reactive ketones (excluding diaryl/α,β-unsaturated/α-hetero) is 1. The maximum Gasteiger partial charge on any atom is 0.328 e. The molecule has 0 saturated heterocycles. The summed E-state index contributed by atoms with van der Waals surface area (Å²) in [5, 5.41) is 8.67. The van der Waals surface area contributed by atoms with Crippen LogP contribution in [-0.4, -0.2) is 16.9 Å². The van der Waals surface area contributed by atoms with Gasteiger partial charge in [-0.1, -0.05) is 41.1 Å². The minimum atomic E-state index is -1.00. The van der Waals surface area contributed by atoms with Gasteiger partial charge in [0, 0.05) is 6.08 Å². The molecule has 1 aromatic rings. The van der Waals surface area contributed by atoms with Crippen LogP contribution in [0.4, 0.5) is 0 Å². The van der Waals surface area contributed by atoms with Gasteiger partial charge in [-0.15, -0.1) is 0 Å².